The van der Waals surface area contributed by atoms with Crippen LogP contribution < -0.4 is 14.8 Å². The van der Waals surface area contributed by atoms with Crippen molar-refractivity contribution in [2.45, 2.75) is 20.3 Å². The molecule has 0 radical (unpaired) electrons. The number of methoxy groups -OCH3 is 2. The number of rotatable bonds is 6. The van der Waals surface area contributed by atoms with E-state index in [0.29, 0.717) is 0 Å². The number of aromatic amines is 1. The summed E-state index contributed by atoms with van der Waals surface area (Å²) in [5, 5.41) is 4.43. The predicted molar refractivity (Wildman–Crippen MR) is 95.1 cm³/mol. The van der Waals surface area contributed by atoms with Crippen LogP contribution in [-0.4, -0.2) is 35.7 Å². The van der Waals surface area contributed by atoms with Crippen LogP contribution in [0.2, 0.25) is 0 Å². The zero-order chi connectivity index (χ0) is 17.1. The number of aromatic nitrogens is 3. The van der Waals surface area contributed by atoms with Gasteiger partial charge in [0.2, 0.25) is 0 Å². The van der Waals surface area contributed by atoms with Crippen LogP contribution in [0.4, 0.5) is 5.82 Å². The third-order valence-corrected chi connectivity index (χ3v) is 3.89. The molecule has 0 saturated carbocycles. The van der Waals surface area contributed by atoms with Crippen molar-refractivity contribution in [3.05, 3.63) is 41.3 Å². The topological polar surface area (TPSA) is 72.1 Å². The Bertz CT molecular complexity index is 858. The number of H-pyrrole nitrogens is 1. The maximum absolute atomic E-state index is 5.35. The van der Waals surface area contributed by atoms with Gasteiger partial charge in [0, 0.05) is 12.2 Å². The van der Waals surface area contributed by atoms with Crippen LogP contribution in [0.1, 0.15) is 17.1 Å². The van der Waals surface area contributed by atoms with Crippen LogP contribution in [0, 0.1) is 13.8 Å². The molecular weight excluding hydrogens is 304 g/mol. The quantitative estimate of drug-likeness (QED) is 0.727. The highest BCUT2D eigenvalue weighted by molar-refractivity contribution is 5.87. The van der Waals surface area contributed by atoms with Gasteiger partial charge in [-0.25, -0.2) is 9.97 Å². The first kappa shape index (κ1) is 16.1. The first-order chi connectivity index (χ1) is 11.6. The Morgan fingerprint density at radius 1 is 1.04 bits per heavy atom. The number of aryl methyl sites for hydroxylation is 2. The minimum absolute atomic E-state index is 0.741. The van der Waals surface area contributed by atoms with Gasteiger partial charge in [0.05, 0.1) is 19.6 Å². The predicted octanol–water partition coefficient (Wildman–Crippen LogP) is 3.25. The van der Waals surface area contributed by atoms with Gasteiger partial charge in [-0.05, 0) is 44.0 Å². The zero-order valence-corrected chi connectivity index (χ0v) is 14.4. The summed E-state index contributed by atoms with van der Waals surface area (Å²) in [7, 11) is 3.29. The monoisotopic (exact) mass is 326 g/mol. The summed E-state index contributed by atoms with van der Waals surface area (Å²) in [6, 6.07) is 8.04. The van der Waals surface area contributed by atoms with Crippen molar-refractivity contribution in [2.24, 2.45) is 0 Å². The minimum Gasteiger partial charge on any atom is -0.493 e. The van der Waals surface area contributed by atoms with E-state index < -0.39 is 0 Å². The first-order valence-electron chi connectivity index (χ1n) is 7.89. The molecule has 6 heteroatoms. The fourth-order valence-electron chi connectivity index (χ4n) is 2.75. The lowest BCUT2D eigenvalue weighted by atomic mass is 10.1. The molecule has 0 unspecified atom stereocenters. The van der Waals surface area contributed by atoms with Crippen LogP contribution in [-0.2, 0) is 6.42 Å². The van der Waals surface area contributed by atoms with E-state index in [2.05, 4.69) is 26.3 Å². The Labute approximate surface area is 141 Å². The maximum Gasteiger partial charge on any atom is 0.160 e. The molecule has 0 bridgehead atoms. The second kappa shape index (κ2) is 6.78. The SMILES string of the molecule is COc1ccc(CCNc2nc(C)nc3[nH]c(C)cc23)cc1OC. The number of ether oxygens (including phenoxy) is 2. The van der Waals surface area contributed by atoms with Crippen molar-refractivity contribution in [1.29, 1.82) is 0 Å². The Kier molecular flexibility index (Phi) is 4.55. The number of hydrogen-bond donors (Lipinski definition) is 2. The molecule has 3 rings (SSSR count). The average molecular weight is 326 g/mol. The summed E-state index contributed by atoms with van der Waals surface area (Å²) in [6.07, 6.45) is 0.855. The van der Waals surface area contributed by atoms with Crippen molar-refractivity contribution in [1.82, 2.24) is 15.0 Å². The van der Waals surface area contributed by atoms with Crippen LogP contribution in [0.25, 0.3) is 11.0 Å². The molecule has 1 aromatic carbocycles. The molecule has 2 aromatic heterocycles. The summed E-state index contributed by atoms with van der Waals surface area (Å²) < 4.78 is 10.6. The number of benzene rings is 1. The van der Waals surface area contributed by atoms with E-state index in [1.54, 1.807) is 14.2 Å². The lowest BCUT2D eigenvalue weighted by molar-refractivity contribution is 0.354. The average Bonchev–Trinajstić information content (AvgIpc) is 2.94. The molecular formula is C18H22N4O2. The summed E-state index contributed by atoms with van der Waals surface area (Å²) >= 11 is 0. The third kappa shape index (κ3) is 3.27. The summed E-state index contributed by atoms with van der Waals surface area (Å²) in [6.45, 7) is 4.69. The number of anilines is 1. The van der Waals surface area contributed by atoms with Crippen molar-refractivity contribution >= 4 is 16.9 Å². The number of fused-ring (bicyclic) bond motifs is 1. The molecule has 0 atom stereocenters. The number of nitrogens with one attached hydrogen (secondary N) is 2. The van der Waals surface area contributed by atoms with Gasteiger partial charge in [-0.3, -0.25) is 0 Å². The second-order valence-electron chi connectivity index (χ2n) is 5.70. The second-order valence-corrected chi connectivity index (χ2v) is 5.70. The lowest BCUT2D eigenvalue weighted by Gasteiger charge is -2.11. The van der Waals surface area contributed by atoms with Gasteiger partial charge in [0.15, 0.2) is 11.5 Å². The van der Waals surface area contributed by atoms with Crippen LogP contribution >= 0.6 is 0 Å². The van der Waals surface area contributed by atoms with Gasteiger partial charge in [0.1, 0.15) is 17.3 Å². The van der Waals surface area contributed by atoms with Gasteiger partial charge in [-0.15, -0.1) is 0 Å². The van der Waals surface area contributed by atoms with Crippen molar-refractivity contribution in [3.63, 3.8) is 0 Å². The fraction of sp³-hybridized carbons (Fsp3) is 0.333. The normalized spacial score (nSPS) is 10.8. The zero-order valence-electron chi connectivity index (χ0n) is 14.4. The van der Waals surface area contributed by atoms with Crippen molar-refractivity contribution in [2.75, 3.05) is 26.1 Å². The van der Waals surface area contributed by atoms with Gasteiger partial charge in [-0.1, -0.05) is 6.07 Å². The van der Waals surface area contributed by atoms with Gasteiger partial charge < -0.3 is 19.8 Å². The molecule has 0 aliphatic carbocycles. The molecule has 0 aliphatic heterocycles. The number of nitrogens with zero attached hydrogens (tertiary/aromatic N) is 2. The van der Waals surface area contributed by atoms with Crippen molar-refractivity contribution < 1.29 is 9.47 Å². The Morgan fingerprint density at radius 2 is 1.83 bits per heavy atom. The molecule has 2 heterocycles. The molecule has 0 fully saturated rings. The van der Waals surface area contributed by atoms with Gasteiger partial charge >= 0.3 is 0 Å². The number of hydrogen-bond acceptors (Lipinski definition) is 5. The van der Waals surface area contributed by atoms with Gasteiger partial charge in [-0.2, -0.15) is 0 Å². The van der Waals surface area contributed by atoms with E-state index in [0.717, 1.165) is 52.8 Å². The fourth-order valence-corrected chi connectivity index (χ4v) is 2.75. The third-order valence-electron chi connectivity index (χ3n) is 3.89. The Hall–Kier alpha value is -2.76. The molecule has 0 spiro atoms. The Morgan fingerprint density at radius 3 is 2.58 bits per heavy atom. The van der Waals surface area contributed by atoms with Gasteiger partial charge in [0.25, 0.3) is 0 Å². The van der Waals surface area contributed by atoms with E-state index in [-0.39, 0.29) is 0 Å². The van der Waals surface area contributed by atoms with E-state index >= 15 is 0 Å². The van der Waals surface area contributed by atoms with Crippen LogP contribution in [0.3, 0.4) is 0 Å². The summed E-state index contributed by atoms with van der Waals surface area (Å²) in [5.41, 5.74) is 3.12. The highest BCUT2D eigenvalue weighted by atomic mass is 16.5. The molecule has 24 heavy (non-hydrogen) atoms. The molecule has 0 saturated heterocycles. The van der Waals surface area contributed by atoms with E-state index in [1.807, 2.05) is 32.0 Å². The minimum atomic E-state index is 0.741. The summed E-state index contributed by atoms with van der Waals surface area (Å²) in [5.74, 6) is 3.10. The molecule has 3 aromatic rings. The van der Waals surface area contributed by atoms with E-state index in [4.69, 9.17) is 9.47 Å². The molecule has 6 nitrogen and oxygen atoms in total. The maximum atomic E-state index is 5.35. The van der Waals surface area contributed by atoms with E-state index in [9.17, 15) is 0 Å². The highest BCUT2D eigenvalue weighted by Gasteiger charge is 2.09. The highest BCUT2D eigenvalue weighted by Crippen LogP contribution is 2.28. The van der Waals surface area contributed by atoms with Crippen LogP contribution in [0.15, 0.2) is 24.3 Å². The molecule has 2 N–H and O–H groups in total. The van der Waals surface area contributed by atoms with E-state index in [1.165, 1.54) is 5.56 Å². The summed E-state index contributed by atoms with van der Waals surface area (Å²) in [4.78, 5) is 12.2. The lowest BCUT2D eigenvalue weighted by Crippen LogP contribution is -2.08. The molecule has 0 amide bonds. The first-order valence-corrected chi connectivity index (χ1v) is 7.89. The smallest absolute Gasteiger partial charge is 0.160 e. The molecule has 0 aliphatic rings. The van der Waals surface area contributed by atoms with Crippen molar-refractivity contribution in [3.8, 4) is 11.5 Å². The van der Waals surface area contributed by atoms with Crippen LogP contribution in [0.5, 0.6) is 11.5 Å². The molecule has 126 valence electrons. The largest absolute Gasteiger partial charge is 0.493 e. The standard InChI is InChI=1S/C18H22N4O2/c1-11-9-14-17(21-12(2)22-18(14)20-11)19-8-7-13-5-6-15(23-3)16(10-13)24-4/h5-6,9-10H,7-8H2,1-4H3,(H2,19,20,21,22). The Balaban J connectivity index is 1.73.